The molecule has 0 radical (unpaired) electrons. The molecule has 2 aromatic heterocycles. The van der Waals surface area contributed by atoms with Gasteiger partial charge in [0.2, 0.25) is 5.91 Å². The molecular formula is C25H25N5O2S. The highest BCUT2D eigenvalue weighted by Crippen LogP contribution is 2.26. The van der Waals surface area contributed by atoms with Gasteiger partial charge in [-0.15, -0.1) is 10.2 Å². The van der Waals surface area contributed by atoms with Gasteiger partial charge in [-0.1, -0.05) is 60.3 Å². The van der Waals surface area contributed by atoms with Gasteiger partial charge in [0, 0.05) is 23.5 Å². The molecule has 0 aliphatic carbocycles. The topological polar surface area (TPSA) is 81.9 Å². The predicted octanol–water partition coefficient (Wildman–Crippen LogP) is 4.37. The minimum absolute atomic E-state index is 0.0874. The zero-order valence-electron chi connectivity index (χ0n) is 18.5. The van der Waals surface area contributed by atoms with Gasteiger partial charge in [0.25, 0.3) is 0 Å². The number of carbonyl (C=O) groups is 1. The summed E-state index contributed by atoms with van der Waals surface area (Å²) in [4.78, 5) is 16.9. The Morgan fingerprint density at radius 3 is 2.61 bits per heavy atom. The lowest BCUT2D eigenvalue weighted by Gasteiger charge is -2.17. The smallest absolute Gasteiger partial charge is 0.230 e. The Balaban J connectivity index is 1.49. The maximum absolute atomic E-state index is 12.7. The van der Waals surface area contributed by atoms with Crippen molar-refractivity contribution in [2.24, 2.45) is 0 Å². The molecule has 1 amide bonds. The van der Waals surface area contributed by atoms with E-state index in [1.54, 1.807) is 19.5 Å². The van der Waals surface area contributed by atoms with Crippen LogP contribution in [-0.4, -0.2) is 38.5 Å². The van der Waals surface area contributed by atoms with Crippen molar-refractivity contribution in [3.8, 4) is 17.1 Å². The Morgan fingerprint density at radius 1 is 1.06 bits per heavy atom. The molecule has 0 saturated carbocycles. The van der Waals surface area contributed by atoms with E-state index in [0.717, 1.165) is 28.3 Å². The van der Waals surface area contributed by atoms with Crippen molar-refractivity contribution in [2.75, 3.05) is 12.9 Å². The van der Waals surface area contributed by atoms with Crippen LogP contribution in [0.3, 0.4) is 0 Å². The lowest BCUT2D eigenvalue weighted by Crippen LogP contribution is -2.28. The first-order valence-electron chi connectivity index (χ1n) is 10.6. The monoisotopic (exact) mass is 459 g/mol. The molecule has 0 bridgehead atoms. The maximum atomic E-state index is 12.7. The molecule has 1 unspecified atom stereocenters. The number of amides is 1. The van der Waals surface area contributed by atoms with E-state index in [2.05, 4.69) is 32.6 Å². The summed E-state index contributed by atoms with van der Waals surface area (Å²) in [6.45, 7) is 2.54. The highest BCUT2D eigenvalue weighted by molar-refractivity contribution is 7.99. The molecule has 0 spiro atoms. The summed E-state index contributed by atoms with van der Waals surface area (Å²) in [5.74, 6) is 1.61. The van der Waals surface area contributed by atoms with Gasteiger partial charge in [0.05, 0.1) is 25.4 Å². The number of para-hydroxylation sites is 1. The minimum Gasteiger partial charge on any atom is -0.496 e. The summed E-state index contributed by atoms with van der Waals surface area (Å²) < 4.78 is 7.43. The van der Waals surface area contributed by atoms with Gasteiger partial charge in [-0.25, -0.2) is 0 Å². The Labute approximate surface area is 197 Å². The van der Waals surface area contributed by atoms with E-state index in [0.29, 0.717) is 11.7 Å². The minimum atomic E-state index is -0.178. The number of benzene rings is 2. The highest BCUT2D eigenvalue weighted by Gasteiger charge is 2.18. The van der Waals surface area contributed by atoms with Gasteiger partial charge in [-0.2, -0.15) is 0 Å². The van der Waals surface area contributed by atoms with Gasteiger partial charge < -0.3 is 10.1 Å². The molecule has 168 valence electrons. The van der Waals surface area contributed by atoms with Crippen molar-refractivity contribution < 1.29 is 9.53 Å². The number of hydrogen-bond donors (Lipinski definition) is 1. The molecule has 4 aromatic rings. The van der Waals surface area contributed by atoms with E-state index in [1.807, 2.05) is 66.1 Å². The number of rotatable bonds is 9. The Hall–Kier alpha value is -3.65. The molecule has 33 heavy (non-hydrogen) atoms. The first-order valence-corrected chi connectivity index (χ1v) is 11.6. The molecule has 8 heteroatoms. The summed E-state index contributed by atoms with van der Waals surface area (Å²) in [5, 5.41) is 12.5. The number of methoxy groups -OCH3 is 1. The van der Waals surface area contributed by atoms with E-state index in [1.165, 1.54) is 11.8 Å². The Bertz CT molecular complexity index is 1200. The number of aromatic nitrogens is 4. The molecule has 1 N–H and O–H groups in total. The van der Waals surface area contributed by atoms with Crippen molar-refractivity contribution in [2.45, 2.75) is 24.7 Å². The summed E-state index contributed by atoms with van der Waals surface area (Å²) >= 11 is 1.36. The lowest BCUT2D eigenvalue weighted by molar-refractivity contribution is -0.119. The van der Waals surface area contributed by atoms with E-state index in [9.17, 15) is 4.79 Å². The number of thioether (sulfide) groups is 1. The van der Waals surface area contributed by atoms with E-state index in [-0.39, 0.29) is 17.7 Å². The first-order chi connectivity index (χ1) is 16.2. The lowest BCUT2D eigenvalue weighted by atomic mass is 10.1. The average Bonchev–Trinajstić information content (AvgIpc) is 3.26. The molecule has 0 aliphatic heterocycles. The van der Waals surface area contributed by atoms with Crippen molar-refractivity contribution >= 4 is 17.7 Å². The molecule has 7 nitrogen and oxygen atoms in total. The van der Waals surface area contributed by atoms with Gasteiger partial charge in [-0.05, 0) is 30.7 Å². The third-order valence-electron chi connectivity index (χ3n) is 5.14. The fraction of sp³-hybridized carbons (Fsp3) is 0.200. The second-order valence-corrected chi connectivity index (χ2v) is 8.38. The standard InChI is InChI=1S/C25H25N5O2S/c1-18(21-12-6-7-13-22(21)32-2)27-23(31)17-33-25-29-28-24(20-11-8-14-26-15-20)30(25)16-19-9-4-3-5-10-19/h3-15,18H,16-17H2,1-2H3,(H,27,31). The molecule has 4 rings (SSSR count). The zero-order chi connectivity index (χ0) is 23.0. The van der Waals surface area contributed by atoms with Crippen molar-refractivity contribution in [1.82, 2.24) is 25.1 Å². The molecule has 1 atom stereocenters. The van der Waals surface area contributed by atoms with Gasteiger partial charge in [0.15, 0.2) is 11.0 Å². The predicted molar refractivity (Wildman–Crippen MR) is 129 cm³/mol. The average molecular weight is 460 g/mol. The summed E-state index contributed by atoms with van der Waals surface area (Å²) in [7, 11) is 1.63. The summed E-state index contributed by atoms with van der Waals surface area (Å²) in [6, 6.07) is 21.4. The highest BCUT2D eigenvalue weighted by atomic mass is 32.2. The molecule has 2 aromatic carbocycles. The molecule has 0 fully saturated rings. The van der Waals surface area contributed by atoms with Gasteiger partial charge in [-0.3, -0.25) is 14.3 Å². The van der Waals surface area contributed by atoms with E-state index < -0.39 is 0 Å². The van der Waals surface area contributed by atoms with Gasteiger partial charge >= 0.3 is 0 Å². The fourth-order valence-electron chi connectivity index (χ4n) is 3.53. The molecule has 0 saturated heterocycles. The van der Waals surface area contributed by atoms with Crippen molar-refractivity contribution in [3.63, 3.8) is 0 Å². The van der Waals surface area contributed by atoms with E-state index in [4.69, 9.17) is 4.74 Å². The van der Waals surface area contributed by atoms with Gasteiger partial charge in [0.1, 0.15) is 5.75 Å². The Morgan fingerprint density at radius 2 is 1.85 bits per heavy atom. The second-order valence-electron chi connectivity index (χ2n) is 7.44. The largest absolute Gasteiger partial charge is 0.496 e. The van der Waals surface area contributed by atoms with Crippen LogP contribution in [0.2, 0.25) is 0 Å². The number of carbonyl (C=O) groups excluding carboxylic acids is 1. The van der Waals surface area contributed by atoms with Crippen LogP contribution >= 0.6 is 11.8 Å². The fourth-order valence-corrected chi connectivity index (χ4v) is 4.28. The van der Waals surface area contributed by atoms with Crippen molar-refractivity contribution in [3.05, 3.63) is 90.3 Å². The first kappa shape index (κ1) is 22.5. The third kappa shape index (κ3) is 5.59. The SMILES string of the molecule is COc1ccccc1C(C)NC(=O)CSc1nnc(-c2cccnc2)n1Cc1ccccc1. The zero-order valence-corrected chi connectivity index (χ0v) is 19.3. The van der Waals surface area contributed by atoms with Crippen LogP contribution in [0, 0.1) is 0 Å². The van der Waals surface area contributed by atoms with Crippen LogP contribution in [0.5, 0.6) is 5.75 Å². The molecular weight excluding hydrogens is 434 g/mol. The number of nitrogens with zero attached hydrogens (tertiary/aromatic N) is 4. The third-order valence-corrected chi connectivity index (χ3v) is 6.10. The number of hydrogen-bond acceptors (Lipinski definition) is 6. The second kappa shape index (κ2) is 10.8. The summed E-state index contributed by atoms with van der Waals surface area (Å²) in [5.41, 5.74) is 2.94. The quantitative estimate of drug-likeness (QED) is 0.375. The summed E-state index contributed by atoms with van der Waals surface area (Å²) in [6.07, 6.45) is 3.49. The normalized spacial score (nSPS) is 11.7. The number of pyridine rings is 1. The molecule has 0 aliphatic rings. The van der Waals surface area contributed by atoms with Crippen LogP contribution in [0.25, 0.3) is 11.4 Å². The number of ether oxygens (including phenoxy) is 1. The van der Waals surface area contributed by atoms with Crippen LogP contribution in [0.1, 0.15) is 24.1 Å². The van der Waals surface area contributed by atoms with E-state index >= 15 is 0 Å². The van der Waals surface area contributed by atoms with Crippen LogP contribution in [0.15, 0.2) is 84.3 Å². The van der Waals surface area contributed by atoms with Crippen LogP contribution < -0.4 is 10.1 Å². The maximum Gasteiger partial charge on any atom is 0.230 e. The van der Waals surface area contributed by atoms with Crippen LogP contribution in [-0.2, 0) is 11.3 Å². The Kier molecular flexibility index (Phi) is 7.36. The van der Waals surface area contributed by atoms with Crippen molar-refractivity contribution in [1.29, 1.82) is 0 Å². The molecule has 2 heterocycles. The number of nitrogens with one attached hydrogen (secondary N) is 1. The van der Waals surface area contributed by atoms with Crippen LogP contribution in [0.4, 0.5) is 0 Å².